The van der Waals surface area contributed by atoms with Crippen LogP contribution in [0.25, 0.3) is 43.6 Å². The van der Waals surface area contributed by atoms with Crippen LogP contribution in [0.15, 0.2) is 192 Å². The number of aliphatic imine (C=N–C) groups is 2. The highest BCUT2D eigenvalue weighted by atomic mass is 127. The van der Waals surface area contributed by atoms with Gasteiger partial charge < -0.3 is 47.8 Å². The number of nitrogen functional groups attached to an aromatic ring is 1. The molecule has 4 heterocycles. The van der Waals surface area contributed by atoms with Crippen molar-refractivity contribution in [2.45, 2.75) is 13.8 Å². The Morgan fingerprint density at radius 1 is 0.616 bits per heavy atom. The number of nitrogens with two attached hydrogens (primary N) is 3. The molecule has 0 radical (unpaired) electrons. The fourth-order valence-electron chi connectivity index (χ4n) is 6.51. The van der Waals surface area contributed by atoms with Crippen LogP contribution in [0.1, 0.15) is 34.6 Å². The molecule has 0 aliphatic rings. The first-order valence-electron chi connectivity index (χ1n) is 22.4. The number of carbonyl (C=O) groups is 2. The molecule has 4 aromatic heterocycles. The van der Waals surface area contributed by atoms with E-state index in [1.165, 1.54) is 9.81 Å². The number of aromatic nitrogens is 4. The number of benzene rings is 6. The lowest BCUT2D eigenvalue weighted by atomic mass is 10.2. The Morgan fingerprint density at radius 2 is 1.07 bits per heavy atom. The molecule has 14 nitrogen and oxygen atoms in total. The van der Waals surface area contributed by atoms with Crippen LogP contribution in [0, 0.1) is 0 Å². The van der Waals surface area contributed by atoms with Gasteiger partial charge in [0.15, 0.2) is 15.4 Å². The standard InChI is InChI=1S/C16H13N3OS.C11H13N3S.C9H9N3S.C8H8N2.C8H5NOS.C2H5I/c20-15(11-4-2-1-3-5-11)19-16(21)18-13-6-7-14-12(10-13)8-9-17-14;1-2-15-11(12)14-9-3-4-10-8(7-9)5-6-13-10;10-9(13)12-7-1-2-8-6(5-7)3-4-11-8;9-7-1-2-8-6(5-7)3-4-10-8;10-8(9-6-11)7-4-2-1-3-5-7;1-2-3/h1-10,17H,(H2,18,19,20,21);3-7,13H,2H2,1H3,(H2,12,14);1-5,11H,(H3,10,12,13);1-5,10H,9H2;1-5H;2H2,1H3. The average molecular weight is 1160 g/mol. The highest BCUT2D eigenvalue weighted by Crippen LogP contribution is 2.22. The third-order valence-electron chi connectivity index (χ3n) is 9.71. The molecular weight excluding hydrogens is 1100 g/mol. The maximum Gasteiger partial charge on any atom is 0.285 e. The lowest BCUT2D eigenvalue weighted by Gasteiger charge is -2.09. The van der Waals surface area contributed by atoms with E-state index in [9.17, 15) is 9.59 Å². The Balaban J connectivity index is 0.000000171. The number of rotatable bonds is 6. The first-order chi connectivity index (χ1) is 35.4. The topological polar surface area (TPSA) is 236 Å². The van der Waals surface area contributed by atoms with Crippen LogP contribution in [0.5, 0.6) is 0 Å². The monoisotopic (exact) mass is 1160 g/mol. The molecule has 2 amide bonds. The van der Waals surface area contributed by atoms with Crippen molar-refractivity contribution >= 4 is 170 Å². The number of nitrogens with zero attached hydrogens (tertiary/aromatic N) is 2. The number of hydrogen-bond donors (Lipinski definition) is 10. The van der Waals surface area contributed by atoms with Crippen molar-refractivity contribution in [1.82, 2.24) is 25.3 Å². The van der Waals surface area contributed by atoms with Crippen LogP contribution in [-0.4, -0.2) is 62.5 Å². The minimum atomic E-state index is -0.347. The average Bonchev–Trinajstić information content (AvgIpc) is 4.24. The molecule has 0 fully saturated rings. The van der Waals surface area contributed by atoms with Crippen molar-refractivity contribution in [3.63, 3.8) is 0 Å². The molecule has 0 aliphatic heterocycles. The number of anilines is 3. The van der Waals surface area contributed by atoms with E-state index in [4.69, 9.17) is 41.6 Å². The second-order valence-corrected chi connectivity index (χ2v) is 18.8. The summed E-state index contributed by atoms with van der Waals surface area (Å²) in [5.74, 6) is 0.373. The van der Waals surface area contributed by atoms with Gasteiger partial charge in [0.2, 0.25) is 0 Å². The quantitative estimate of drug-likeness (QED) is 0.0188. The van der Waals surface area contributed by atoms with Crippen LogP contribution in [-0.2, 0) is 0 Å². The molecule has 6 aromatic carbocycles. The number of amides is 2. The molecule has 0 atom stereocenters. The molecule has 19 heteroatoms. The normalized spacial score (nSPS) is 10.2. The zero-order valence-corrected chi connectivity index (χ0v) is 45.1. The second kappa shape index (κ2) is 30.3. The van der Waals surface area contributed by atoms with Gasteiger partial charge >= 0.3 is 0 Å². The molecule has 0 unspecified atom stereocenters. The predicted octanol–water partition coefficient (Wildman–Crippen LogP) is 13.1. The number of isothiocyanates is 1. The summed E-state index contributed by atoms with van der Waals surface area (Å²) in [6.45, 7) is 4.17. The lowest BCUT2D eigenvalue weighted by Crippen LogP contribution is -2.34. The maximum absolute atomic E-state index is 12.0. The van der Waals surface area contributed by atoms with E-state index in [1.54, 1.807) is 48.2 Å². The molecule has 372 valence electrons. The first-order valence-corrected chi connectivity index (χ1v) is 26.1. The number of carbonyl (C=O) groups excluding carboxylic acids is 2. The van der Waals surface area contributed by atoms with E-state index in [1.807, 2.05) is 151 Å². The zero-order chi connectivity index (χ0) is 52.4. The number of hydrogen-bond acceptors (Lipinski definition) is 8. The van der Waals surface area contributed by atoms with Gasteiger partial charge in [0, 0.05) is 96.6 Å². The molecule has 13 N–H and O–H groups in total. The number of nitrogens with one attached hydrogen (secondary N) is 7. The van der Waals surface area contributed by atoms with Gasteiger partial charge in [-0.05, 0) is 168 Å². The summed E-state index contributed by atoms with van der Waals surface area (Å²) >= 11 is 18.0. The predicted molar refractivity (Wildman–Crippen MR) is 328 cm³/mol. The summed E-state index contributed by atoms with van der Waals surface area (Å²) in [7, 11) is 0. The SMILES string of the molecule is CCI.CCSC(N)=Nc1ccc2[nH]ccc2c1.NC(=S)Nc1ccc2[nH]ccc2c1.Nc1ccc2[nH]ccc2c1.O=C(N=C=S)c1ccccc1.O=C(NC(=S)Nc1ccc2[nH]ccc2c1)c1ccccc1. The highest BCUT2D eigenvalue weighted by molar-refractivity contribution is 14.1. The number of H-pyrrole nitrogens is 4. The second-order valence-electron chi connectivity index (χ2n) is 14.9. The van der Waals surface area contributed by atoms with Crippen molar-refractivity contribution in [1.29, 1.82) is 0 Å². The Labute approximate surface area is 456 Å². The largest absolute Gasteiger partial charge is 0.399 e. The Bertz CT molecular complexity index is 3440. The number of aromatic amines is 4. The number of thiocarbonyl (C=S) groups is 3. The third kappa shape index (κ3) is 19.1. The summed E-state index contributed by atoms with van der Waals surface area (Å²) in [5, 5.41) is 16.3. The Morgan fingerprint density at radius 3 is 1.56 bits per heavy atom. The van der Waals surface area contributed by atoms with Gasteiger partial charge in [-0.25, -0.2) is 4.99 Å². The Kier molecular flexibility index (Phi) is 23.3. The number of thioether (sulfide) groups is 1. The van der Waals surface area contributed by atoms with Crippen molar-refractivity contribution in [2.75, 3.05) is 26.5 Å². The smallest absolute Gasteiger partial charge is 0.285 e. The summed E-state index contributed by atoms with van der Waals surface area (Å²) in [6, 6.07) is 49.2. The van der Waals surface area contributed by atoms with E-state index in [0.717, 1.165) is 66.7 Å². The van der Waals surface area contributed by atoms with Crippen LogP contribution in [0.3, 0.4) is 0 Å². The van der Waals surface area contributed by atoms with Crippen molar-refractivity contribution in [3.8, 4) is 0 Å². The maximum atomic E-state index is 12.0. The summed E-state index contributed by atoms with van der Waals surface area (Å²) in [4.78, 5) is 43.0. The summed E-state index contributed by atoms with van der Waals surface area (Å²) < 4.78 is 1.22. The minimum Gasteiger partial charge on any atom is -0.399 e. The van der Waals surface area contributed by atoms with Crippen molar-refractivity contribution < 1.29 is 9.59 Å². The number of halogens is 1. The first kappa shape index (κ1) is 56.3. The molecule has 0 saturated carbocycles. The van der Waals surface area contributed by atoms with Gasteiger partial charge in [-0.2, -0.15) is 4.99 Å². The lowest BCUT2D eigenvalue weighted by molar-refractivity contribution is 0.0975. The van der Waals surface area contributed by atoms with Crippen molar-refractivity contribution in [3.05, 3.63) is 194 Å². The van der Waals surface area contributed by atoms with Crippen molar-refractivity contribution in [2.24, 2.45) is 21.5 Å². The number of alkyl halides is 1. The fourth-order valence-corrected chi connectivity index (χ4v) is 7.38. The molecular formula is C54H53IN12O2S4. The van der Waals surface area contributed by atoms with Crippen LogP contribution >= 0.6 is 71.0 Å². The number of amidine groups is 1. The van der Waals surface area contributed by atoms with E-state index in [-0.39, 0.29) is 22.0 Å². The molecule has 73 heavy (non-hydrogen) atoms. The minimum absolute atomic E-state index is 0.226. The number of fused-ring (bicyclic) bond motifs is 4. The van der Waals surface area contributed by atoms with Crippen LogP contribution < -0.4 is 33.2 Å². The van der Waals surface area contributed by atoms with Gasteiger partial charge in [0.05, 0.1) is 10.8 Å². The van der Waals surface area contributed by atoms with Crippen LogP contribution in [0.2, 0.25) is 0 Å². The third-order valence-corrected chi connectivity index (χ3v) is 10.8. The van der Waals surface area contributed by atoms with E-state index < -0.39 is 0 Å². The molecule has 0 bridgehead atoms. The van der Waals surface area contributed by atoms with Gasteiger partial charge in [-0.1, -0.05) is 84.6 Å². The van der Waals surface area contributed by atoms with Gasteiger partial charge in [-0.3, -0.25) is 14.9 Å². The molecule has 0 aliphatic carbocycles. The zero-order valence-electron chi connectivity index (χ0n) is 39.7. The Hall–Kier alpha value is -7.65. The fraction of sp³-hybridized carbons (Fsp3) is 0.0741. The molecule has 10 aromatic rings. The summed E-state index contributed by atoms with van der Waals surface area (Å²) in [6.07, 6.45) is 7.60. The van der Waals surface area contributed by atoms with E-state index in [0.29, 0.717) is 16.3 Å². The van der Waals surface area contributed by atoms with Gasteiger partial charge in [0.1, 0.15) is 0 Å². The molecule has 10 rings (SSSR count). The van der Waals surface area contributed by atoms with Crippen LogP contribution in [0.4, 0.5) is 22.7 Å². The highest BCUT2D eigenvalue weighted by Gasteiger charge is 2.08. The van der Waals surface area contributed by atoms with Gasteiger partial charge in [0.25, 0.3) is 11.8 Å². The molecule has 0 saturated heterocycles. The van der Waals surface area contributed by atoms with E-state index in [2.05, 4.69) is 94.5 Å². The van der Waals surface area contributed by atoms with Gasteiger partial charge in [-0.15, -0.1) is 0 Å². The summed E-state index contributed by atoms with van der Waals surface area (Å²) in [5.41, 5.74) is 25.7. The molecule has 0 spiro atoms. The van der Waals surface area contributed by atoms with E-state index >= 15 is 0 Å².